The summed E-state index contributed by atoms with van der Waals surface area (Å²) >= 11 is 0. The van der Waals surface area contributed by atoms with E-state index in [0.717, 1.165) is 0 Å². The van der Waals surface area contributed by atoms with Gasteiger partial charge < -0.3 is 4.74 Å². The van der Waals surface area contributed by atoms with Crippen molar-refractivity contribution in [1.82, 2.24) is 0 Å². The van der Waals surface area contributed by atoms with Crippen LogP contribution in [0.5, 0.6) is 0 Å². The number of hydrogen-bond donors (Lipinski definition) is 0. The Hall–Kier alpha value is 0.680. The summed E-state index contributed by atoms with van der Waals surface area (Å²) < 4.78 is 5.98. The molecule has 0 aliphatic rings. The quantitative estimate of drug-likeness (QED) is 0.450. The summed E-state index contributed by atoms with van der Waals surface area (Å²) in [5.74, 6) is 0. The highest BCUT2D eigenvalue weighted by atomic mass is 35.5. The maximum Gasteiger partial charge on any atom is 0.0740 e. The molecule has 2 atom stereocenters. The van der Waals surface area contributed by atoms with Gasteiger partial charge in [0.05, 0.1) is 5.60 Å². The number of methoxy groups -OCH3 is 1. The predicted molar refractivity (Wildman–Crippen MR) is 89.1 cm³/mol. The van der Waals surface area contributed by atoms with Crippen molar-refractivity contribution in [2.45, 2.75) is 89.8 Å². The Bertz CT molecular complexity index is 168. The molecule has 0 saturated carbocycles. The molecular weight excluding hydrogens is 263 g/mol. The maximum absolute atomic E-state index is 5.98. The highest BCUT2D eigenvalue weighted by Crippen LogP contribution is 2.36. The molecule has 0 aliphatic carbocycles. The predicted octanol–water partition coefficient (Wildman–Crippen LogP) is 5.61. The molecule has 1 nitrogen and oxygen atoms in total. The van der Waals surface area contributed by atoms with E-state index in [4.69, 9.17) is 4.74 Å². The molecule has 0 fully saturated rings. The lowest BCUT2D eigenvalue weighted by atomic mass is 9.85. The smallest absolute Gasteiger partial charge is 0.0740 e. The number of rotatable bonds is 11. The molecule has 112 valence electrons. The molecule has 0 heterocycles. The molecule has 0 spiro atoms. The number of hydrogen-bond acceptors (Lipinski definition) is 1. The van der Waals surface area contributed by atoms with Gasteiger partial charge >= 0.3 is 0 Å². The lowest BCUT2D eigenvalue weighted by Gasteiger charge is -2.38. The Labute approximate surface area is 123 Å². The van der Waals surface area contributed by atoms with Gasteiger partial charge in [0.2, 0.25) is 0 Å². The van der Waals surface area contributed by atoms with Crippen molar-refractivity contribution in [1.29, 1.82) is 0 Å². The van der Waals surface area contributed by atoms with Crippen LogP contribution in [0.2, 0.25) is 0 Å². The largest absolute Gasteiger partial charge is 0.378 e. The van der Waals surface area contributed by atoms with Crippen molar-refractivity contribution < 1.29 is 4.74 Å². The molecule has 0 N–H and O–H groups in total. The summed E-state index contributed by atoms with van der Waals surface area (Å²) in [5.41, 5.74) is 0.733. The van der Waals surface area contributed by atoms with Crippen LogP contribution < -0.4 is 0 Å². The molecule has 0 aromatic rings. The summed E-state index contributed by atoms with van der Waals surface area (Å²) in [6.45, 7) is 6.80. The topological polar surface area (TPSA) is 9.23 Å². The first-order chi connectivity index (χ1) is 8.16. The Morgan fingerprint density at radius 3 is 1.72 bits per heavy atom. The Kier molecular flexibility index (Phi) is 14.8. The Balaban J connectivity index is 0. The standard InChI is InChI=1S/C15H33OP.ClH/c1-5-8-11-14(17)15(16-4,12-9-6-2)13-10-7-3;/h14H,5-13,17H2,1-4H3;1H. The van der Waals surface area contributed by atoms with Crippen LogP contribution in [0.1, 0.15) is 78.6 Å². The van der Waals surface area contributed by atoms with E-state index in [1.54, 1.807) is 0 Å². The molecule has 0 rings (SSSR count). The minimum Gasteiger partial charge on any atom is -0.378 e. The van der Waals surface area contributed by atoms with Gasteiger partial charge in [0, 0.05) is 12.8 Å². The average Bonchev–Trinajstić information content (AvgIpc) is 2.37. The van der Waals surface area contributed by atoms with E-state index in [1.165, 1.54) is 57.8 Å². The Morgan fingerprint density at radius 1 is 0.944 bits per heavy atom. The van der Waals surface area contributed by atoms with E-state index >= 15 is 0 Å². The zero-order valence-corrected chi connectivity index (χ0v) is 14.8. The monoisotopic (exact) mass is 296 g/mol. The fraction of sp³-hybridized carbons (Fsp3) is 1.00. The van der Waals surface area contributed by atoms with Crippen molar-refractivity contribution >= 4 is 21.6 Å². The van der Waals surface area contributed by atoms with Gasteiger partial charge in [0.1, 0.15) is 0 Å². The van der Waals surface area contributed by atoms with E-state index < -0.39 is 0 Å². The normalized spacial score (nSPS) is 13.2. The second-order valence-electron chi connectivity index (χ2n) is 5.22. The minimum atomic E-state index is 0. The molecule has 0 aromatic carbocycles. The summed E-state index contributed by atoms with van der Waals surface area (Å²) in [5, 5.41) is 0. The molecule has 0 saturated heterocycles. The molecular formula is C15H34ClOP. The zero-order valence-electron chi connectivity index (χ0n) is 12.8. The van der Waals surface area contributed by atoms with Crippen LogP contribution in [0.3, 0.4) is 0 Å². The van der Waals surface area contributed by atoms with Crippen molar-refractivity contribution in [3.63, 3.8) is 0 Å². The summed E-state index contributed by atoms with van der Waals surface area (Å²) in [6.07, 6.45) is 11.4. The molecule has 0 bridgehead atoms. The van der Waals surface area contributed by atoms with Crippen LogP contribution in [0.4, 0.5) is 0 Å². The summed E-state index contributed by atoms with van der Waals surface area (Å²) in [6, 6.07) is 0. The summed E-state index contributed by atoms with van der Waals surface area (Å²) in [4.78, 5) is 0. The second kappa shape index (κ2) is 12.7. The van der Waals surface area contributed by atoms with Crippen molar-refractivity contribution in [2.24, 2.45) is 0 Å². The first-order valence-electron chi connectivity index (χ1n) is 7.47. The van der Waals surface area contributed by atoms with Gasteiger partial charge in [-0.3, -0.25) is 0 Å². The molecule has 0 radical (unpaired) electrons. The van der Waals surface area contributed by atoms with Gasteiger partial charge in [0.15, 0.2) is 0 Å². The van der Waals surface area contributed by atoms with Crippen molar-refractivity contribution in [2.75, 3.05) is 7.11 Å². The van der Waals surface area contributed by atoms with E-state index in [0.29, 0.717) is 5.66 Å². The highest BCUT2D eigenvalue weighted by Gasteiger charge is 2.34. The van der Waals surface area contributed by atoms with Gasteiger partial charge in [0.25, 0.3) is 0 Å². The van der Waals surface area contributed by atoms with E-state index in [2.05, 4.69) is 30.0 Å². The van der Waals surface area contributed by atoms with Gasteiger partial charge in [-0.15, -0.1) is 21.6 Å². The third-order valence-corrected chi connectivity index (χ3v) is 4.80. The first kappa shape index (κ1) is 21.0. The minimum absolute atomic E-state index is 0. The van der Waals surface area contributed by atoms with Crippen LogP contribution in [0, 0.1) is 0 Å². The molecule has 2 unspecified atom stereocenters. The first-order valence-corrected chi connectivity index (χ1v) is 8.14. The van der Waals surface area contributed by atoms with Crippen LogP contribution in [0.25, 0.3) is 0 Å². The van der Waals surface area contributed by atoms with E-state index in [1.807, 2.05) is 7.11 Å². The zero-order chi connectivity index (χ0) is 13.1. The third kappa shape index (κ3) is 7.31. The van der Waals surface area contributed by atoms with Gasteiger partial charge in [-0.05, 0) is 19.3 Å². The van der Waals surface area contributed by atoms with Crippen LogP contribution in [-0.4, -0.2) is 18.4 Å². The third-order valence-electron chi connectivity index (χ3n) is 3.86. The SMILES string of the molecule is CCCCC(P)C(CCCC)(CCCC)OC.Cl. The van der Waals surface area contributed by atoms with Gasteiger partial charge in [-0.1, -0.05) is 59.3 Å². The van der Waals surface area contributed by atoms with E-state index in [-0.39, 0.29) is 18.0 Å². The number of ether oxygens (including phenoxy) is 1. The number of halogens is 1. The van der Waals surface area contributed by atoms with Crippen molar-refractivity contribution in [3.8, 4) is 0 Å². The molecule has 0 amide bonds. The fourth-order valence-corrected chi connectivity index (χ4v) is 3.20. The van der Waals surface area contributed by atoms with Crippen molar-refractivity contribution in [3.05, 3.63) is 0 Å². The molecule has 0 aliphatic heterocycles. The van der Waals surface area contributed by atoms with E-state index in [9.17, 15) is 0 Å². The molecule has 18 heavy (non-hydrogen) atoms. The highest BCUT2D eigenvalue weighted by molar-refractivity contribution is 7.17. The summed E-state index contributed by atoms with van der Waals surface area (Å²) in [7, 11) is 4.97. The van der Waals surface area contributed by atoms with Gasteiger partial charge in [-0.25, -0.2) is 0 Å². The van der Waals surface area contributed by atoms with Crippen LogP contribution >= 0.6 is 21.6 Å². The number of unbranched alkanes of at least 4 members (excludes halogenated alkanes) is 3. The fourth-order valence-electron chi connectivity index (χ4n) is 2.49. The average molecular weight is 297 g/mol. The lowest BCUT2D eigenvalue weighted by Crippen LogP contribution is -2.41. The van der Waals surface area contributed by atoms with Crippen LogP contribution in [0.15, 0.2) is 0 Å². The van der Waals surface area contributed by atoms with Crippen LogP contribution in [-0.2, 0) is 4.74 Å². The molecule has 3 heteroatoms. The Morgan fingerprint density at radius 2 is 1.39 bits per heavy atom. The van der Waals surface area contributed by atoms with Gasteiger partial charge in [-0.2, -0.15) is 0 Å². The lowest BCUT2D eigenvalue weighted by molar-refractivity contribution is -0.0310. The molecule has 0 aromatic heterocycles. The maximum atomic E-state index is 5.98. The second-order valence-corrected chi connectivity index (χ2v) is 6.03.